The first-order valence-electron chi connectivity index (χ1n) is 10.2. The van der Waals surface area contributed by atoms with Crippen LogP contribution in [0.5, 0.6) is 17.2 Å². The van der Waals surface area contributed by atoms with Gasteiger partial charge < -0.3 is 14.9 Å². The molecule has 0 atom stereocenters. The van der Waals surface area contributed by atoms with Gasteiger partial charge in [0.1, 0.15) is 15.6 Å². The zero-order valence-corrected chi connectivity index (χ0v) is 18.4. The highest BCUT2D eigenvalue weighted by Crippen LogP contribution is 2.40. The van der Waals surface area contributed by atoms with Gasteiger partial charge in [-0.1, -0.05) is 31.9 Å². The fourth-order valence-electron chi connectivity index (χ4n) is 3.47. The van der Waals surface area contributed by atoms with Crippen LogP contribution in [-0.2, 0) is 9.84 Å². The molecule has 0 bridgehead atoms. The van der Waals surface area contributed by atoms with Crippen LogP contribution in [0.4, 0.5) is 0 Å². The van der Waals surface area contributed by atoms with Crippen LogP contribution in [0.15, 0.2) is 30.3 Å². The van der Waals surface area contributed by atoms with Crippen LogP contribution in [0.3, 0.4) is 0 Å². The molecule has 2 aromatic carbocycles. The van der Waals surface area contributed by atoms with Crippen molar-refractivity contribution in [1.82, 2.24) is 0 Å². The van der Waals surface area contributed by atoms with Crippen LogP contribution in [0.2, 0.25) is 0 Å². The molecule has 0 radical (unpaired) electrons. The molecule has 29 heavy (non-hydrogen) atoms. The molecule has 2 N–H and O–H groups in total. The Kier molecular flexibility index (Phi) is 8.38. The Hall–Kier alpha value is -2.21. The molecule has 0 heterocycles. The number of aryl methyl sites for hydroxylation is 1. The summed E-state index contributed by atoms with van der Waals surface area (Å²) in [7, 11) is -2.99. The number of phenols is 2. The van der Waals surface area contributed by atoms with E-state index in [1.165, 1.54) is 0 Å². The van der Waals surface area contributed by atoms with Crippen molar-refractivity contribution < 1.29 is 23.4 Å². The number of unbranched alkanes of at least 4 members (excludes halogenated alkanes) is 3. The van der Waals surface area contributed by atoms with E-state index < -0.39 is 9.84 Å². The van der Waals surface area contributed by atoms with Crippen molar-refractivity contribution in [3.05, 3.63) is 41.5 Å². The molecule has 0 spiro atoms. The summed E-state index contributed by atoms with van der Waals surface area (Å²) in [6.45, 7) is 6.21. The Morgan fingerprint density at radius 3 is 2.17 bits per heavy atom. The molecule has 0 amide bonds. The molecule has 0 aliphatic rings. The van der Waals surface area contributed by atoms with Gasteiger partial charge >= 0.3 is 0 Å². The quantitative estimate of drug-likeness (QED) is 0.491. The summed E-state index contributed by atoms with van der Waals surface area (Å²) in [6, 6.07) is 8.58. The zero-order valence-electron chi connectivity index (χ0n) is 17.6. The topological polar surface area (TPSA) is 83.8 Å². The fourth-order valence-corrected chi connectivity index (χ4v) is 4.96. The summed E-state index contributed by atoms with van der Waals surface area (Å²) >= 11 is 0. The van der Waals surface area contributed by atoms with Gasteiger partial charge in [-0.05, 0) is 68.0 Å². The zero-order chi connectivity index (χ0) is 21.4. The number of ether oxygens (including phenoxy) is 1. The molecule has 0 aliphatic heterocycles. The van der Waals surface area contributed by atoms with Crippen molar-refractivity contribution in [2.45, 2.75) is 52.9 Å². The molecule has 0 unspecified atom stereocenters. The van der Waals surface area contributed by atoms with Gasteiger partial charge in [-0.15, -0.1) is 0 Å². The summed E-state index contributed by atoms with van der Waals surface area (Å²) < 4.78 is 29.8. The first kappa shape index (κ1) is 23.1. The largest absolute Gasteiger partial charge is 0.508 e. The minimum Gasteiger partial charge on any atom is -0.508 e. The SMILES string of the molecule is CCCCCS(=O)(=O)CCCCOc1c(O)cc(C)c(-c2ccc(O)cc2)c1C. The third-order valence-electron chi connectivity index (χ3n) is 5.01. The normalized spacial score (nSPS) is 11.6. The maximum atomic E-state index is 12.0. The predicted molar refractivity (Wildman–Crippen MR) is 118 cm³/mol. The van der Waals surface area contributed by atoms with Gasteiger partial charge in [0.05, 0.1) is 18.1 Å². The van der Waals surface area contributed by atoms with Crippen molar-refractivity contribution in [3.8, 4) is 28.4 Å². The molecule has 2 rings (SSSR count). The Morgan fingerprint density at radius 2 is 1.55 bits per heavy atom. The molecule has 0 aromatic heterocycles. The van der Waals surface area contributed by atoms with E-state index in [0.717, 1.165) is 41.5 Å². The van der Waals surface area contributed by atoms with E-state index >= 15 is 0 Å². The number of hydrogen-bond acceptors (Lipinski definition) is 5. The van der Waals surface area contributed by atoms with Crippen molar-refractivity contribution in [1.29, 1.82) is 0 Å². The molecule has 0 fully saturated rings. The highest BCUT2D eigenvalue weighted by molar-refractivity contribution is 7.91. The van der Waals surface area contributed by atoms with E-state index in [9.17, 15) is 18.6 Å². The van der Waals surface area contributed by atoms with Crippen LogP contribution in [0.25, 0.3) is 11.1 Å². The van der Waals surface area contributed by atoms with Gasteiger partial charge in [0, 0.05) is 5.56 Å². The van der Waals surface area contributed by atoms with Crippen molar-refractivity contribution in [2.75, 3.05) is 18.1 Å². The lowest BCUT2D eigenvalue weighted by molar-refractivity contribution is 0.291. The Balaban J connectivity index is 1.99. The maximum Gasteiger partial charge on any atom is 0.164 e. The van der Waals surface area contributed by atoms with Gasteiger partial charge in [0.2, 0.25) is 0 Å². The molecule has 0 aliphatic carbocycles. The predicted octanol–water partition coefficient (Wildman–Crippen LogP) is 5.15. The van der Waals surface area contributed by atoms with E-state index in [2.05, 4.69) is 6.92 Å². The lowest BCUT2D eigenvalue weighted by atomic mass is 9.94. The van der Waals surface area contributed by atoms with E-state index in [1.807, 2.05) is 26.0 Å². The summed E-state index contributed by atoms with van der Waals surface area (Å²) in [5.41, 5.74) is 3.62. The number of phenolic OH excluding ortho intramolecular Hbond substituents is 2. The number of aromatic hydroxyl groups is 2. The Labute approximate surface area is 174 Å². The number of sulfone groups is 1. The van der Waals surface area contributed by atoms with Gasteiger partial charge in [-0.3, -0.25) is 0 Å². The van der Waals surface area contributed by atoms with Crippen molar-refractivity contribution >= 4 is 9.84 Å². The second-order valence-corrected chi connectivity index (χ2v) is 9.81. The highest BCUT2D eigenvalue weighted by Gasteiger charge is 2.16. The van der Waals surface area contributed by atoms with E-state index in [1.54, 1.807) is 18.2 Å². The van der Waals surface area contributed by atoms with Crippen LogP contribution < -0.4 is 4.74 Å². The molecular weight excluding hydrogens is 388 g/mol. The third-order valence-corrected chi connectivity index (χ3v) is 6.83. The number of rotatable bonds is 11. The second kappa shape index (κ2) is 10.5. The average molecular weight is 421 g/mol. The Bertz CT molecular complexity index is 902. The summed E-state index contributed by atoms with van der Waals surface area (Å²) in [4.78, 5) is 0. The average Bonchev–Trinajstić information content (AvgIpc) is 2.65. The minimum atomic E-state index is -2.99. The van der Waals surface area contributed by atoms with Crippen LogP contribution >= 0.6 is 0 Å². The highest BCUT2D eigenvalue weighted by atomic mass is 32.2. The number of benzene rings is 2. The molecule has 0 saturated carbocycles. The van der Waals surface area contributed by atoms with Gasteiger partial charge in [-0.25, -0.2) is 8.42 Å². The lowest BCUT2D eigenvalue weighted by Gasteiger charge is -2.17. The molecule has 5 nitrogen and oxygen atoms in total. The molecule has 0 saturated heterocycles. The summed E-state index contributed by atoms with van der Waals surface area (Å²) in [5, 5.41) is 19.9. The molecule has 6 heteroatoms. The van der Waals surface area contributed by atoms with E-state index in [-0.39, 0.29) is 23.0 Å². The molecule has 2 aromatic rings. The fraction of sp³-hybridized carbons (Fsp3) is 0.478. The van der Waals surface area contributed by atoms with E-state index in [0.29, 0.717) is 25.2 Å². The van der Waals surface area contributed by atoms with Crippen LogP contribution in [-0.4, -0.2) is 36.7 Å². The monoisotopic (exact) mass is 420 g/mol. The maximum absolute atomic E-state index is 12.0. The first-order valence-corrected chi connectivity index (χ1v) is 12.0. The minimum absolute atomic E-state index is 0.0784. The molecular formula is C23H32O5S. The smallest absolute Gasteiger partial charge is 0.164 e. The standard InChI is InChI=1S/C23H32O5S/c1-4-5-7-14-29(26,27)15-8-6-13-28-23-18(3)22(17(2)16-21(23)25)19-9-11-20(24)12-10-19/h9-12,16,24-25H,4-8,13-15H2,1-3H3. The van der Waals surface area contributed by atoms with Crippen molar-refractivity contribution in [2.24, 2.45) is 0 Å². The van der Waals surface area contributed by atoms with Crippen LogP contribution in [0.1, 0.15) is 50.2 Å². The van der Waals surface area contributed by atoms with Gasteiger partial charge in [0.15, 0.2) is 11.5 Å². The summed E-state index contributed by atoms with van der Waals surface area (Å²) in [6.07, 6.45) is 3.83. The number of hydrogen-bond donors (Lipinski definition) is 2. The van der Waals surface area contributed by atoms with E-state index in [4.69, 9.17) is 4.74 Å². The Morgan fingerprint density at radius 1 is 0.931 bits per heavy atom. The van der Waals surface area contributed by atoms with Gasteiger partial charge in [0.25, 0.3) is 0 Å². The third kappa shape index (κ3) is 6.67. The lowest BCUT2D eigenvalue weighted by Crippen LogP contribution is -2.12. The summed E-state index contributed by atoms with van der Waals surface area (Å²) in [5.74, 6) is 1.14. The second-order valence-electron chi connectivity index (χ2n) is 7.50. The van der Waals surface area contributed by atoms with Gasteiger partial charge in [-0.2, -0.15) is 0 Å². The first-order chi connectivity index (χ1) is 13.7. The van der Waals surface area contributed by atoms with Crippen molar-refractivity contribution in [3.63, 3.8) is 0 Å². The molecule has 160 valence electrons. The van der Waals surface area contributed by atoms with Crippen LogP contribution in [0, 0.1) is 13.8 Å².